The number of hydrogen-bond acceptors (Lipinski definition) is 5. The van der Waals surface area contributed by atoms with Gasteiger partial charge < -0.3 is 10.0 Å². The van der Waals surface area contributed by atoms with Gasteiger partial charge in [-0.15, -0.1) is 0 Å². The zero-order valence-corrected chi connectivity index (χ0v) is 14.9. The summed E-state index contributed by atoms with van der Waals surface area (Å²) in [4.78, 5) is 21.0. The van der Waals surface area contributed by atoms with Gasteiger partial charge in [-0.3, -0.25) is 9.78 Å². The molecule has 2 N–H and O–H groups in total. The van der Waals surface area contributed by atoms with Crippen LogP contribution in [0.15, 0.2) is 29.1 Å². The number of rotatable bonds is 4. The number of halogens is 3. The molecular formula is C17H18F3N5O2. The van der Waals surface area contributed by atoms with E-state index < -0.39 is 29.9 Å². The Morgan fingerprint density at radius 3 is 2.41 bits per heavy atom. The van der Waals surface area contributed by atoms with Gasteiger partial charge in [0.05, 0.1) is 18.2 Å². The number of aliphatic hydroxyl groups is 1. The number of H-pyrrole nitrogens is 1. The van der Waals surface area contributed by atoms with E-state index in [-0.39, 0.29) is 16.7 Å². The fourth-order valence-electron chi connectivity index (χ4n) is 2.79. The number of hydrogen-bond donors (Lipinski definition) is 2. The number of anilines is 1. The molecule has 0 unspecified atom stereocenters. The van der Waals surface area contributed by atoms with E-state index in [1.165, 1.54) is 16.8 Å². The van der Waals surface area contributed by atoms with Crippen LogP contribution in [0.4, 0.5) is 19.1 Å². The maximum atomic E-state index is 12.8. The van der Waals surface area contributed by atoms with Crippen LogP contribution in [0.2, 0.25) is 0 Å². The third-order valence-corrected chi connectivity index (χ3v) is 4.28. The molecule has 0 bridgehead atoms. The van der Waals surface area contributed by atoms with Crippen LogP contribution in [0.5, 0.6) is 0 Å². The Hall–Kier alpha value is -2.88. The lowest BCUT2D eigenvalue weighted by atomic mass is 10.1. The number of aliphatic hydroxyl groups excluding tert-OH is 1. The highest BCUT2D eigenvalue weighted by molar-refractivity contribution is 5.78. The van der Waals surface area contributed by atoms with Crippen LogP contribution in [0, 0.1) is 0 Å². The van der Waals surface area contributed by atoms with Gasteiger partial charge in [0.1, 0.15) is 11.1 Å². The Morgan fingerprint density at radius 1 is 1.26 bits per heavy atom. The van der Waals surface area contributed by atoms with Crippen molar-refractivity contribution >= 4 is 17.0 Å². The van der Waals surface area contributed by atoms with Crippen molar-refractivity contribution in [2.24, 2.45) is 0 Å². The number of aromatic amines is 1. The molecule has 2 aromatic heterocycles. The molecule has 27 heavy (non-hydrogen) atoms. The van der Waals surface area contributed by atoms with Crippen LogP contribution in [-0.4, -0.2) is 39.0 Å². The Balaban J connectivity index is 2.14. The monoisotopic (exact) mass is 381 g/mol. The zero-order valence-electron chi connectivity index (χ0n) is 14.9. The summed E-state index contributed by atoms with van der Waals surface area (Å²) in [5.41, 5.74) is -0.227. The lowest BCUT2D eigenvalue weighted by Gasteiger charge is -2.16. The fourth-order valence-corrected chi connectivity index (χ4v) is 2.79. The van der Waals surface area contributed by atoms with Gasteiger partial charge in [-0.2, -0.15) is 23.3 Å². The van der Waals surface area contributed by atoms with E-state index in [1.54, 1.807) is 25.9 Å². The quantitative estimate of drug-likeness (QED) is 0.724. The summed E-state index contributed by atoms with van der Waals surface area (Å²) in [6.45, 7) is 1.27. The van der Waals surface area contributed by atoms with Gasteiger partial charge in [-0.05, 0) is 24.6 Å². The van der Waals surface area contributed by atoms with Crippen molar-refractivity contribution in [1.82, 2.24) is 19.7 Å². The van der Waals surface area contributed by atoms with Gasteiger partial charge in [0.25, 0.3) is 5.56 Å². The minimum absolute atomic E-state index is 0.155. The summed E-state index contributed by atoms with van der Waals surface area (Å²) in [6, 6.07) is 4.21. The van der Waals surface area contributed by atoms with Crippen LogP contribution in [0.25, 0.3) is 11.0 Å². The molecule has 0 fully saturated rings. The SMILES string of the molecule is C[C@@H](c1ccc(C(F)(F)F)cc1)n1nc(CO)c2c(=O)[nH]c(N(C)C)nc21. The van der Waals surface area contributed by atoms with Crippen LogP contribution >= 0.6 is 0 Å². The van der Waals surface area contributed by atoms with Crippen molar-refractivity contribution in [2.75, 3.05) is 19.0 Å². The second-order valence-corrected chi connectivity index (χ2v) is 6.33. The van der Waals surface area contributed by atoms with E-state index >= 15 is 0 Å². The summed E-state index contributed by atoms with van der Waals surface area (Å²) in [5, 5.41) is 14.0. The van der Waals surface area contributed by atoms with Gasteiger partial charge in [-0.1, -0.05) is 12.1 Å². The Bertz CT molecular complexity index is 1020. The summed E-state index contributed by atoms with van der Waals surface area (Å²) in [5.74, 6) is 0.303. The predicted molar refractivity (Wildman–Crippen MR) is 93.7 cm³/mol. The van der Waals surface area contributed by atoms with E-state index in [4.69, 9.17) is 0 Å². The van der Waals surface area contributed by atoms with Gasteiger partial charge in [0.2, 0.25) is 5.95 Å². The molecule has 0 saturated heterocycles. The minimum Gasteiger partial charge on any atom is -0.390 e. The highest BCUT2D eigenvalue weighted by Crippen LogP contribution is 2.31. The second kappa shape index (κ2) is 6.69. The van der Waals surface area contributed by atoms with Crippen LogP contribution in [-0.2, 0) is 12.8 Å². The molecule has 0 saturated carbocycles. The molecule has 7 nitrogen and oxygen atoms in total. The van der Waals surface area contributed by atoms with Gasteiger partial charge in [-0.25, -0.2) is 4.68 Å². The molecule has 0 radical (unpaired) electrons. The average Bonchev–Trinajstić information content (AvgIpc) is 2.99. The molecule has 0 aliphatic heterocycles. The van der Waals surface area contributed by atoms with Crippen molar-refractivity contribution in [3.63, 3.8) is 0 Å². The summed E-state index contributed by atoms with van der Waals surface area (Å²) < 4.78 is 39.7. The summed E-state index contributed by atoms with van der Waals surface area (Å²) >= 11 is 0. The largest absolute Gasteiger partial charge is 0.416 e. The molecule has 0 aliphatic carbocycles. The number of alkyl halides is 3. The fraction of sp³-hybridized carbons (Fsp3) is 0.353. The molecule has 0 spiro atoms. The smallest absolute Gasteiger partial charge is 0.390 e. The van der Waals surface area contributed by atoms with Gasteiger partial charge in [0, 0.05) is 14.1 Å². The van der Waals surface area contributed by atoms with E-state index in [1.807, 2.05) is 0 Å². The van der Waals surface area contributed by atoms with Gasteiger partial charge in [0.15, 0.2) is 5.65 Å². The number of nitrogens with one attached hydrogen (secondary N) is 1. The second-order valence-electron chi connectivity index (χ2n) is 6.33. The first-order valence-electron chi connectivity index (χ1n) is 8.10. The van der Waals surface area contributed by atoms with E-state index in [9.17, 15) is 23.1 Å². The number of benzene rings is 1. The molecule has 144 valence electrons. The molecular weight excluding hydrogens is 363 g/mol. The molecule has 0 aliphatic rings. The normalized spacial score (nSPS) is 13.1. The molecule has 3 rings (SSSR count). The van der Waals surface area contributed by atoms with Crippen molar-refractivity contribution in [3.8, 4) is 0 Å². The number of aromatic nitrogens is 4. The zero-order chi connectivity index (χ0) is 19.9. The van der Waals surface area contributed by atoms with Crippen molar-refractivity contribution in [2.45, 2.75) is 25.7 Å². The molecule has 3 aromatic rings. The third kappa shape index (κ3) is 3.39. The lowest BCUT2D eigenvalue weighted by molar-refractivity contribution is -0.137. The Kier molecular flexibility index (Phi) is 4.68. The topological polar surface area (TPSA) is 87.0 Å². The lowest BCUT2D eigenvalue weighted by Crippen LogP contribution is -2.20. The van der Waals surface area contributed by atoms with Crippen LogP contribution in [0.1, 0.15) is 29.8 Å². The highest BCUT2D eigenvalue weighted by Gasteiger charge is 2.30. The maximum absolute atomic E-state index is 12.8. The molecule has 10 heteroatoms. The average molecular weight is 381 g/mol. The Morgan fingerprint density at radius 2 is 1.89 bits per heavy atom. The minimum atomic E-state index is -4.42. The number of nitrogens with zero attached hydrogens (tertiary/aromatic N) is 4. The van der Waals surface area contributed by atoms with Crippen molar-refractivity contribution in [1.29, 1.82) is 0 Å². The molecule has 0 amide bonds. The van der Waals surface area contributed by atoms with Crippen LogP contribution < -0.4 is 10.5 Å². The first-order chi connectivity index (χ1) is 12.6. The third-order valence-electron chi connectivity index (χ3n) is 4.28. The Labute approximate surface area is 152 Å². The van der Waals surface area contributed by atoms with E-state index in [0.717, 1.165) is 12.1 Å². The van der Waals surface area contributed by atoms with E-state index in [0.29, 0.717) is 11.5 Å². The highest BCUT2D eigenvalue weighted by atomic mass is 19.4. The summed E-state index contributed by atoms with van der Waals surface area (Å²) in [6.07, 6.45) is -4.42. The molecule has 1 aromatic carbocycles. The van der Waals surface area contributed by atoms with E-state index in [2.05, 4.69) is 15.1 Å². The van der Waals surface area contributed by atoms with Crippen molar-refractivity contribution < 1.29 is 18.3 Å². The van der Waals surface area contributed by atoms with Crippen LogP contribution in [0.3, 0.4) is 0 Å². The van der Waals surface area contributed by atoms with Gasteiger partial charge >= 0.3 is 6.18 Å². The van der Waals surface area contributed by atoms with Crippen molar-refractivity contribution in [3.05, 3.63) is 51.4 Å². The molecule has 2 heterocycles. The first-order valence-corrected chi connectivity index (χ1v) is 8.10. The molecule has 1 atom stereocenters. The number of fused-ring (bicyclic) bond motifs is 1. The maximum Gasteiger partial charge on any atom is 0.416 e. The summed E-state index contributed by atoms with van der Waals surface area (Å²) in [7, 11) is 3.41. The first kappa shape index (κ1) is 18.9. The standard InChI is InChI=1S/C17H18F3N5O2/c1-9(10-4-6-11(7-5-10)17(18,19)20)25-14-13(12(8-26)23-25)15(27)22-16(21-14)24(2)3/h4-7,9,26H,8H2,1-3H3,(H,21,22,27)/t9-/m0/s1. The predicted octanol–water partition coefficient (Wildman–Crippen LogP) is 2.31.